The van der Waals surface area contributed by atoms with Gasteiger partial charge in [0.2, 0.25) is 0 Å². The van der Waals surface area contributed by atoms with E-state index in [1.807, 2.05) is 43.3 Å². The first-order valence-corrected chi connectivity index (χ1v) is 12.9. The van der Waals surface area contributed by atoms with E-state index in [-0.39, 0.29) is 17.7 Å². The molecule has 0 saturated heterocycles. The average molecular weight is 523 g/mol. The van der Waals surface area contributed by atoms with Crippen LogP contribution in [-0.2, 0) is 9.53 Å². The summed E-state index contributed by atoms with van der Waals surface area (Å²) in [6, 6.07) is 12.1. The van der Waals surface area contributed by atoms with Crippen LogP contribution in [0.4, 0.5) is 0 Å². The molecule has 194 valence electrons. The van der Waals surface area contributed by atoms with Crippen LogP contribution in [0.15, 0.2) is 63.5 Å². The molecule has 3 aromatic rings. The number of para-hydroxylation sites is 1. The number of esters is 1. The van der Waals surface area contributed by atoms with Crippen LogP contribution in [0.3, 0.4) is 0 Å². The molecule has 0 spiro atoms. The molecule has 0 radical (unpaired) electrons. The first-order chi connectivity index (χ1) is 17.9. The maximum Gasteiger partial charge on any atom is 0.338 e. The standard InChI is InChI=1S/C28H30N2O6S/c1-6-14-36-25-20(12-9-13-21(25)34-5)24-23(27(32)35-7-2)17(3)29-28-30(24)26(31)22(37-28)16-18-10-8-11-19(15-18)33-4/h8-13,15-16,24H,6-7,14H2,1-5H3/t24-/m1/s1. The van der Waals surface area contributed by atoms with Crippen LogP contribution in [0, 0.1) is 0 Å². The van der Waals surface area contributed by atoms with Gasteiger partial charge in [0.25, 0.3) is 5.56 Å². The highest BCUT2D eigenvalue weighted by Gasteiger charge is 2.36. The van der Waals surface area contributed by atoms with E-state index in [9.17, 15) is 9.59 Å². The minimum absolute atomic E-state index is 0.194. The summed E-state index contributed by atoms with van der Waals surface area (Å²) in [5.74, 6) is 1.16. The third-order valence-corrected chi connectivity index (χ3v) is 6.87. The predicted octanol–water partition coefficient (Wildman–Crippen LogP) is 3.60. The number of aromatic nitrogens is 1. The number of ether oxygens (including phenoxy) is 4. The number of rotatable bonds is 9. The van der Waals surface area contributed by atoms with E-state index in [4.69, 9.17) is 18.9 Å². The highest BCUT2D eigenvalue weighted by Crippen LogP contribution is 2.40. The Balaban J connectivity index is 2.00. The van der Waals surface area contributed by atoms with Crippen molar-refractivity contribution in [2.45, 2.75) is 33.2 Å². The summed E-state index contributed by atoms with van der Waals surface area (Å²) in [4.78, 5) is 32.2. The van der Waals surface area contributed by atoms with Crippen LogP contribution in [0.25, 0.3) is 6.08 Å². The van der Waals surface area contributed by atoms with Gasteiger partial charge in [-0.3, -0.25) is 9.36 Å². The number of fused-ring (bicyclic) bond motifs is 1. The van der Waals surface area contributed by atoms with E-state index >= 15 is 0 Å². The fourth-order valence-corrected chi connectivity index (χ4v) is 5.28. The summed E-state index contributed by atoms with van der Waals surface area (Å²) in [6.45, 7) is 6.14. The lowest BCUT2D eigenvalue weighted by Crippen LogP contribution is -2.40. The number of hydrogen-bond donors (Lipinski definition) is 0. The Hall–Kier alpha value is -3.85. The average Bonchev–Trinajstić information content (AvgIpc) is 3.20. The number of thiazole rings is 1. The van der Waals surface area contributed by atoms with Crippen LogP contribution in [0.1, 0.15) is 44.4 Å². The molecule has 1 aliphatic rings. The lowest BCUT2D eigenvalue weighted by Gasteiger charge is -2.27. The second-order valence-corrected chi connectivity index (χ2v) is 9.32. The van der Waals surface area contributed by atoms with Crippen LogP contribution in [0.2, 0.25) is 0 Å². The molecule has 1 atom stereocenters. The van der Waals surface area contributed by atoms with Gasteiger partial charge in [-0.25, -0.2) is 9.79 Å². The van der Waals surface area contributed by atoms with E-state index in [1.165, 1.54) is 11.3 Å². The maximum atomic E-state index is 13.9. The molecule has 1 aromatic heterocycles. The van der Waals surface area contributed by atoms with Gasteiger partial charge < -0.3 is 18.9 Å². The maximum absolute atomic E-state index is 13.9. The number of carbonyl (C=O) groups is 1. The summed E-state index contributed by atoms with van der Waals surface area (Å²) in [5, 5.41) is 0. The van der Waals surface area contributed by atoms with Gasteiger partial charge in [-0.05, 0) is 50.1 Å². The van der Waals surface area contributed by atoms with Gasteiger partial charge in [0.1, 0.15) is 11.8 Å². The van der Waals surface area contributed by atoms with E-state index in [0.717, 1.165) is 12.0 Å². The van der Waals surface area contributed by atoms with Crippen molar-refractivity contribution in [2.75, 3.05) is 27.4 Å². The summed E-state index contributed by atoms with van der Waals surface area (Å²) in [7, 11) is 3.16. The highest BCUT2D eigenvalue weighted by molar-refractivity contribution is 7.07. The first-order valence-electron chi connectivity index (χ1n) is 12.1. The second kappa shape index (κ2) is 11.5. The predicted molar refractivity (Wildman–Crippen MR) is 142 cm³/mol. The van der Waals surface area contributed by atoms with Crippen molar-refractivity contribution >= 4 is 23.4 Å². The summed E-state index contributed by atoms with van der Waals surface area (Å²) < 4.78 is 24.4. The summed E-state index contributed by atoms with van der Waals surface area (Å²) in [5.41, 5.74) is 1.95. The first kappa shape index (κ1) is 26.2. The number of methoxy groups -OCH3 is 2. The largest absolute Gasteiger partial charge is 0.497 e. The number of carbonyl (C=O) groups excluding carboxylic acids is 1. The van der Waals surface area contributed by atoms with Crippen molar-refractivity contribution in [1.29, 1.82) is 0 Å². The Morgan fingerprint density at radius 1 is 1.14 bits per heavy atom. The van der Waals surface area contributed by atoms with E-state index in [0.29, 0.717) is 44.4 Å². The monoisotopic (exact) mass is 522 g/mol. The van der Waals surface area contributed by atoms with Crippen LogP contribution in [-0.4, -0.2) is 38.0 Å². The van der Waals surface area contributed by atoms with E-state index < -0.39 is 12.0 Å². The number of allylic oxidation sites excluding steroid dienone is 1. The summed E-state index contributed by atoms with van der Waals surface area (Å²) >= 11 is 1.26. The van der Waals surface area contributed by atoms with Gasteiger partial charge in [0.15, 0.2) is 16.3 Å². The van der Waals surface area contributed by atoms with Crippen molar-refractivity contribution in [3.05, 3.63) is 84.5 Å². The molecule has 0 amide bonds. The number of hydrogen-bond acceptors (Lipinski definition) is 8. The van der Waals surface area contributed by atoms with Gasteiger partial charge in [-0.2, -0.15) is 0 Å². The topological polar surface area (TPSA) is 88.4 Å². The molecule has 0 fully saturated rings. The molecule has 8 nitrogen and oxygen atoms in total. The Bertz CT molecular complexity index is 1520. The van der Waals surface area contributed by atoms with Crippen LogP contribution < -0.4 is 29.1 Å². The van der Waals surface area contributed by atoms with Gasteiger partial charge in [-0.15, -0.1) is 0 Å². The number of nitrogens with zero attached hydrogens (tertiary/aromatic N) is 2. The third kappa shape index (κ3) is 5.17. The molecular formula is C28H30N2O6S. The Morgan fingerprint density at radius 3 is 2.62 bits per heavy atom. The van der Waals surface area contributed by atoms with Crippen molar-refractivity contribution in [3.8, 4) is 17.2 Å². The Labute approximate surface area is 219 Å². The smallest absolute Gasteiger partial charge is 0.338 e. The SMILES string of the molecule is CCCOc1c(OC)cccc1[C@@H]1C(C(=O)OCC)=C(C)N=c2sc(=Cc3cccc(OC)c3)c(=O)n21. The van der Waals surface area contributed by atoms with Crippen molar-refractivity contribution in [2.24, 2.45) is 4.99 Å². The molecule has 1 aliphatic heterocycles. The normalized spacial score (nSPS) is 15.2. The molecule has 0 unspecified atom stereocenters. The minimum atomic E-state index is -0.801. The molecule has 37 heavy (non-hydrogen) atoms. The van der Waals surface area contributed by atoms with Crippen molar-refractivity contribution in [3.63, 3.8) is 0 Å². The second-order valence-electron chi connectivity index (χ2n) is 8.31. The molecule has 0 bridgehead atoms. The molecule has 0 aliphatic carbocycles. The molecule has 0 saturated carbocycles. The molecular weight excluding hydrogens is 492 g/mol. The van der Waals surface area contributed by atoms with Gasteiger partial charge in [-0.1, -0.05) is 42.5 Å². The number of benzene rings is 2. The zero-order valence-corrected chi connectivity index (χ0v) is 22.4. The molecule has 2 aromatic carbocycles. The zero-order valence-electron chi connectivity index (χ0n) is 21.6. The van der Waals surface area contributed by atoms with Crippen molar-refractivity contribution in [1.82, 2.24) is 4.57 Å². The quantitative estimate of drug-likeness (QED) is 0.399. The van der Waals surface area contributed by atoms with Gasteiger partial charge >= 0.3 is 5.97 Å². The van der Waals surface area contributed by atoms with Crippen molar-refractivity contribution < 1.29 is 23.7 Å². The molecule has 2 heterocycles. The van der Waals surface area contributed by atoms with E-state index in [1.54, 1.807) is 44.8 Å². The van der Waals surface area contributed by atoms with Gasteiger partial charge in [0, 0.05) is 5.56 Å². The minimum Gasteiger partial charge on any atom is -0.497 e. The fourth-order valence-electron chi connectivity index (χ4n) is 4.24. The Kier molecular flexibility index (Phi) is 8.13. The molecule has 4 rings (SSSR count). The van der Waals surface area contributed by atoms with Crippen LogP contribution >= 0.6 is 11.3 Å². The Morgan fingerprint density at radius 2 is 1.92 bits per heavy atom. The van der Waals surface area contributed by atoms with Gasteiger partial charge in [0.05, 0.1) is 43.2 Å². The third-order valence-electron chi connectivity index (χ3n) is 5.88. The lowest BCUT2D eigenvalue weighted by atomic mass is 9.94. The zero-order chi connectivity index (χ0) is 26.5. The summed E-state index contributed by atoms with van der Waals surface area (Å²) in [6.07, 6.45) is 2.58. The fraction of sp³-hybridized carbons (Fsp3) is 0.321. The lowest BCUT2D eigenvalue weighted by molar-refractivity contribution is -0.139. The highest BCUT2D eigenvalue weighted by atomic mass is 32.1. The molecule has 9 heteroatoms. The van der Waals surface area contributed by atoms with E-state index in [2.05, 4.69) is 4.99 Å². The van der Waals surface area contributed by atoms with Crippen LogP contribution in [0.5, 0.6) is 17.2 Å². The molecule has 0 N–H and O–H groups in total.